The van der Waals surface area contributed by atoms with Gasteiger partial charge in [0, 0.05) is 26.2 Å². The van der Waals surface area contributed by atoms with Gasteiger partial charge in [0.15, 0.2) is 5.78 Å². The second kappa shape index (κ2) is 7.09. The fraction of sp³-hybridized carbons (Fsp3) is 0.923. The van der Waals surface area contributed by atoms with E-state index in [1.54, 1.807) is 7.11 Å². The summed E-state index contributed by atoms with van der Waals surface area (Å²) in [5.41, 5.74) is 0. The van der Waals surface area contributed by atoms with Gasteiger partial charge in [-0.15, -0.1) is 0 Å². The summed E-state index contributed by atoms with van der Waals surface area (Å²) < 4.78 is 5.05. The van der Waals surface area contributed by atoms with Gasteiger partial charge in [-0.1, -0.05) is 6.92 Å². The zero-order valence-corrected chi connectivity index (χ0v) is 11.6. The third-order valence-electron chi connectivity index (χ3n) is 3.64. The van der Waals surface area contributed by atoms with Crippen molar-refractivity contribution in [1.82, 2.24) is 9.80 Å². The van der Waals surface area contributed by atoms with Crippen LogP contribution in [-0.2, 0) is 9.53 Å². The topological polar surface area (TPSA) is 32.8 Å². The van der Waals surface area contributed by atoms with E-state index in [0.29, 0.717) is 12.4 Å². The van der Waals surface area contributed by atoms with Crippen molar-refractivity contribution >= 4 is 5.78 Å². The zero-order valence-electron chi connectivity index (χ0n) is 11.6. The van der Waals surface area contributed by atoms with Gasteiger partial charge in [0.1, 0.15) is 0 Å². The number of carbonyl (C=O) groups is 1. The molecular formula is C13H26N2O2. The normalized spacial score (nSPS) is 25.5. The molecule has 0 bridgehead atoms. The number of hydrogen-bond donors (Lipinski definition) is 0. The van der Waals surface area contributed by atoms with Crippen molar-refractivity contribution in [2.45, 2.75) is 25.8 Å². The van der Waals surface area contributed by atoms with Gasteiger partial charge in [-0.2, -0.15) is 0 Å². The lowest BCUT2D eigenvalue weighted by Crippen LogP contribution is -2.46. The molecule has 1 aliphatic rings. The Labute approximate surface area is 105 Å². The molecule has 17 heavy (non-hydrogen) atoms. The predicted octanol–water partition coefficient (Wildman–Crippen LogP) is 0.864. The molecule has 4 heteroatoms. The first kappa shape index (κ1) is 14.6. The Kier molecular flexibility index (Phi) is 6.09. The average Bonchev–Trinajstić information content (AvgIpc) is 2.47. The minimum absolute atomic E-state index is 0.0503. The van der Waals surface area contributed by atoms with E-state index in [-0.39, 0.29) is 12.0 Å². The first-order chi connectivity index (χ1) is 8.06. The Balaban J connectivity index is 2.57. The van der Waals surface area contributed by atoms with E-state index in [4.69, 9.17) is 4.74 Å². The molecule has 0 aromatic heterocycles. The lowest BCUT2D eigenvalue weighted by Gasteiger charge is -2.28. The highest BCUT2D eigenvalue weighted by Gasteiger charge is 2.29. The summed E-state index contributed by atoms with van der Waals surface area (Å²) >= 11 is 0. The van der Waals surface area contributed by atoms with Crippen LogP contribution in [0, 0.1) is 5.92 Å². The Morgan fingerprint density at radius 1 is 1.41 bits per heavy atom. The number of ketones is 1. The van der Waals surface area contributed by atoms with Crippen LogP contribution in [0.2, 0.25) is 0 Å². The van der Waals surface area contributed by atoms with Crippen LogP contribution >= 0.6 is 0 Å². The third-order valence-corrected chi connectivity index (χ3v) is 3.64. The molecule has 100 valence electrons. The maximum absolute atomic E-state index is 12.4. The summed E-state index contributed by atoms with van der Waals surface area (Å²) in [4.78, 5) is 16.9. The molecule has 1 saturated heterocycles. The van der Waals surface area contributed by atoms with Crippen LogP contribution in [0.3, 0.4) is 0 Å². The Hall–Kier alpha value is -0.450. The molecule has 0 N–H and O–H groups in total. The van der Waals surface area contributed by atoms with Gasteiger partial charge in [0.2, 0.25) is 0 Å². The molecule has 2 unspecified atom stereocenters. The Bertz CT molecular complexity index is 246. The fourth-order valence-corrected chi connectivity index (χ4v) is 2.34. The van der Waals surface area contributed by atoms with Crippen molar-refractivity contribution in [1.29, 1.82) is 0 Å². The Morgan fingerprint density at radius 3 is 2.76 bits per heavy atom. The Morgan fingerprint density at radius 2 is 2.12 bits per heavy atom. The van der Waals surface area contributed by atoms with Crippen LogP contribution in [0.25, 0.3) is 0 Å². The van der Waals surface area contributed by atoms with Crippen molar-refractivity contribution in [3.05, 3.63) is 0 Å². The minimum Gasteiger partial charge on any atom is -0.385 e. The highest BCUT2D eigenvalue weighted by atomic mass is 16.5. The molecule has 0 radical (unpaired) electrons. The van der Waals surface area contributed by atoms with Gasteiger partial charge < -0.3 is 9.64 Å². The summed E-state index contributed by atoms with van der Waals surface area (Å²) in [5, 5.41) is 0. The highest BCUT2D eigenvalue weighted by Crippen LogP contribution is 2.14. The zero-order chi connectivity index (χ0) is 12.8. The van der Waals surface area contributed by atoms with E-state index in [2.05, 4.69) is 23.9 Å². The van der Waals surface area contributed by atoms with Crippen LogP contribution in [-0.4, -0.2) is 69.1 Å². The molecule has 1 rings (SSSR count). The van der Waals surface area contributed by atoms with Gasteiger partial charge in [0.05, 0.1) is 6.04 Å². The van der Waals surface area contributed by atoms with Gasteiger partial charge in [-0.3, -0.25) is 9.69 Å². The highest BCUT2D eigenvalue weighted by molar-refractivity contribution is 5.86. The van der Waals surface area contributed by atoms with Crippen molar-refractivity contribution < 1.29 is 9.53 Å². The molecule has 0 aromatic rings. The summed E-state index contributed by atoms with van der Waals surface area (Å²) in [5.74, 6) is 0.451. The van der Waals surface area contributed by atoms with E-state index >= 15 is 0 Å². The molecule has 2 atom stereocenters. The SMILES string of the molecule is COCCC(C)C(=O)C1CN(C)CCCN1C. The second-order valence-corrected chi connectivity index (χ2v) is 5.20. The number of carbonyl (C=O) groups excluding carboxylic acids is 1. The molecule has 1 aliphatic heterocycles. The molecule has 1 heterocycles. The van der Waals surface area contributed by atoms with E-state index in [1.165, 1.54) is 0 Å². The lowest BCUT2D eigenvalue weighted by atomic mass is 9.96. The van der Waals surface area contributed by atoms with Gasteiger partial charge >= 0.3 is 0 Å². The number of hydrogen-bond acceptors (Lipinski definition) is 4. The van der Waals surface area contributed by atoms with E-state index in [1.807, 2.05) is 6.92 Å². The van der Waals surface area contributed by atoms with E-state index < -0.39 is 0 Å². The van der Waals surface area contributed by atoms with Crippen LogP contribution in [0.5, 0.6) is 0 Å². The third kappa shape index (κ3) is 4.37. The quantitative estimate of drug-likeness (QED) is 0.716. The van der Waals surface area contributed by atoms with Gasteiger partial charge in [-0.05, 0) is 40.0 Å². The van der Waals surface area contributed by atoms with Crippen LogP contribution in [0.4, 0.5) is 0 Å². The maximum atomic E-state index is 12.4. The number of likely N-dealkylation sites (N-methyl/N-ethyl adjacent to an activating group) is 2. The van der Waals surface area contributed by atoms with Gasteiger partial charge in [0.25, 0.3) is 0 Å². The monoisotopic (exact) mass is 242 g/mol. The number of rotatable bonds is 5. The summed E-state index contributed by atoms with van der Waals surface area (Å²) in [6.45, 7) is 5.63. The standard InChI is InChI=1S/C13H26N2O2/c1-11(6-9-17-4)13(16)12-10-14(2)7-5-8-15(12)3/h11-12H,5-10H2,1-4H3. The molecular weight excluding hydrogens is 216 g/mol. The second-order valence-electron chi connectivity index (χ2n) is 5.20. The molecule has 1 fully saturated rings. The van der Waals surface area contributed by atoms with E-state index in [9.17, 15) is 4.79 Å². The summed E-state index contributed by atoms with van der Waals surface area (Å²) in [6, 6.07) is 0.0503. The molecule has 4 nitrogen and oxygen atoms in total. The predicted molar refractivity (Wildman–Crippen MR) is 69.2 cm³/mol. The van der Waals surface area contributed by atoms with Gasteiger partial charge in [-0.25, -0.2) is 0 Å². The first-order valence-electron chi connectivity index (χ1n) is 6.47. The van der Waals surface area contributed by atoms with Crippen molar-refractivity contribution in [2.75, 3.05) is 47.4 Å². The number of methoxy groups -OCH3 is 1. The fourth-order valence-electron chi connectivity index (χ4n) is 2.34. The largest absolute Gasteiger partial charge is 0.385 e. The number of nitrogens with zero attached hydrogens (tertiary/aromatic N) is 2. The molecule has 0 aromatic carbocycles. The lowest BCUT2D eigenvalue weighted by molar-refractivity contribution is -0.128. The minimum atomic E-state index is 0.0503. The molecule has 0 aliphatic carbocycles. The molecule has 0 spiro atoms. The summed E-state index contributed by atoms with van der Waals surface area (Å²) in [7, 11) is 5.84. The number of ether oxygens (including phenoxy) is 1. The van der Waals surface area contributed by atoms with Crippen LogP contribution in [0.15, 0.2) is 0 Å². The molecule has 0 amide bonds. The summed E-state index contributed by atoms with van der Waals surface area (Å²) in [6.07, 6.45) is 1.96. The smallest absolute Gasteiger partial charge is 0.154 e. The van der Waals surface area contributed by atoms with Crippen molar-refractivity contribution in [3.8, 4) is 0 Å². The van der Waals surface area contributed by atoms with Crippen molar-refractivity contribution in [2.24, 2.45) is 5.92 Å². The van der Waals surface area contributed by atoms with Crippen LogP contribution in [0.1, 0.15) is 19.8 Å². The first-order valence-corrected chi connectivity index (χ1v) is 6.47. The average molecular weight is 242 g/mol. The molecule has 0 saturated carbocycles. The van der Waals surface area contributed by atoms with Crippen molar-refractivity contribution in [3.63, 3.8) is 0 Å². The van der Waals surface area contributed by atoms with E-state index in [0.717, 1.165) is 32.5 Å². The number of Topliss-reactive ketones (excluding diaryl/α,β-unsaturated/α-hetero) is 1. The maximum Gasteiger partial charge on any atom is 0.154 e. The van der Waals surface area contributed by atoms with Crippen LogP contribution < -0.4 is 0 Å².